The Balaban J connectivity index is 1.59. The van der Waals surface area contributed by atoms with Crippen molar-refractivity contribution in [1.29, 1.82) is 0 Å². The van der Waals surface area contributed by atoms with Crippen molar-refractivity contribution in [3.8, 4) is 11.4 Å². The van der Waals surface area contributed by atoms with Crippen LogP contribution >= 0.6 is 11.8 Å². The van der Waals surface area contributed by atoms with Gasteiger partial charge in [0.25, 0.3) is 5.56 Å². The molecule has 4 rings (SSSR count). The second-order valence-electron chi connectivity index (χ2n) is 5.57. The van der Waals surface area contributed by atoms with E-state index in [4.69, 9.17) is 4.42 Å². The summed E-state index contributed by atoms with van der Waals surface area (Å²) in [7, 11) is 1.90. The zero-order valence-corrected chi connectivity index (χ0v) is 14.5. The lowest BCUT2D eigenvalue weighted by molar-refractivity contribution is 0.534. The van der Waals surface area contributed by atoms with Gasteiger partial charge in [0.05, 0.1) is 28.5 Å². The third kappa shape index (κ3) is 2.85. The lowest BCUT2D eigenvalue weighted by Gasteiger charge is -2.04. The predicted molar refractivity (Wildman–Crippen MR) is 95.4 cm³/mol. The number of hydrogen-bond acceptors (Lipinski definition) is 6. The molecule has 1 N–H and O–H groups in total. The lowest BCUT2D eigenvalue weighted by Crippen LogP contribution is -2.11. The number of aryl methyl sites for hydroxylation is 1. The van der Waals surface area contributed by atoms with E-state index in [0.29, 0.717) is 22.5 Å². The number of para-hydroxylation sites is 1. The molecule has 4 aromatic rings. The highest BCUT2D eigenvalue weighted by Gasteiger charge is 2.15. The SMILES string of the molecule is Cc1occc1-c1nnc(SCc2nc3ccccc3c(=O)[nH]2)n1C. The normalized spacial score (nSPS) is 11.3. The first-order chi connectivity index (χ1) is 12.1. The van der Waals surface area contributed by atoms with Crippen LogP contribution < -0.4 is 5.56 Å². The summed E-state index contributed by atoms with van der Waals surface area (Å²) in [5.74, 6) is 2.65. The van der Waals surface area contributed by atoms with Crippen molar-refractivity contribution >= 4 is 22.7 Å². The molecule has 0 unspecified atom stereocenters. The fourth-order valence-corrected chi connectivity index (χ4v) is 3.41. The van der Waals surface area contributed by atoms with Crippen LogP contribution in [-0.2, 0) is 12.8 Å². The third-order valence-electron chi connectivity index (χ3n) is 3.93. The molecule has 0 atom stereocenters. The smallest absolute Gasteiger partial charge is 0.258 e. The summed E-state index contributed by atoms with van der Waals surface area (Å²) in [6.07, 6.45) is 1.63. The average Bonchev–Trinajstić information content (AvgIpc) is 3.18. The summed E-state index contributed by atoms with van der Waals surface area (Å²) in [6, 6.07) is 9.16. The van der Waals surface area contributed by atoms with E-state index < -0.39 is 0 Å². The Hall–Kier alpha value is -2.87. The van der Waals surface area contributed by atoms with Gasteiger partial charge in [-0.2, -0.15) is 0 Å². The van der Waals surface area contributed by atoms with Gasteiger partial charge in [0.2, 0.25) is 0 Å². The standard InChI is InChI=1S/C17H15N5O2S/c1-10-11(7-8-24-10)15-20-21-17(22(15)2)25-9-14-18-13-6-4-3-5-12(13)16(23)19-14/h3-8H,9H2,1-2H3,(H,18,19,23). The first kappa shape index (κ1) is 15.6. The molecule has 8 heteroatoms. The fraction of sp³-hybridized carbons (Fsp3) is 0.176. The number of aromatic nitrogens is 5. The Morgan fingerprint density at radius 2 is 2.08 bits per heavy atom. The number of hydrogen-bond donors (Lipinski definition) is 1. The van der Waals surface area contributed by atoms with Gasteiger partial charge >= 0.3 is 0 Å². The summed E-state index contributed by atoms with van der Waals surface area (Å²) in [4.78, 5) is 19.5. The molecule has 0 aliphatic carbocycles. The van der Waals surface area contributed by atoms with Crippen LogP contribution in [0.5, 0.6) is 0 Å². The second-order valence-corrected chi connectivity index (χ2v) is 6.52. The van der Waals surface area contributed by atoms with E-state index in [2.05, 4.69) is 20.2 Å². The Morgan fingerprint density at radius 1 is 1.24 bits per heavy atom. The first-order valence-corrected chi connectivity index (χ1v) is 8.66. The molecular weight excluding hydrogens is 338 g/mol. The van der Waals surface area contributed by atoms with Crippen LogP contribution in [-0.4, -0.2) is 24.7 Å². The summed E-state index contributed by atoms with van der Waals surface area (Å²) < 4.78 is 7.23. The topological polar surface area (TPSA) is 89.6 Å². The largest absolute Gasteiger partial charge is 0.469 e. The van der Waals surface area contributed by atoms with E-state index in [1.165, 1.54) is 11.8 Å². The number of aromatic amines is 1. The second kappa shape index (κ2) is 6.21. The van der Waals surface area contributed by atoms with E-state index in [1.807, 2.05) is 42.8 Å². The Morgan fingerprint density at radius 3 is 2.88 bits per heavy atom. The molecule has 3 aromatic heterocycles. The van der Waals surface area contributed by atoms with Crippen molar-refractivity contribution in [3.05, 3.63) is 58.5 Å². The Bertz CT molecular complexity index is 1110. The van der Waals surface area contributed by atoms with Gasteiger partial charge in [-0.1, -0.05) is 23.9 Å². The van der Waals surface area contributed by atoms with Crippen molar-refractivity contribution in [2.45, 2.75) is 17.8 Å². The van der Waals surface area contributed by atoms with Crippen LogP contribution in [0.25, 0.3) is 22.3 Å². The number of H-pyrrole nitrogens is 1. The molecule has 1 aromatic carbocycles. The molecule has 0 saturated carbocycles. The van der Waals surface area contributed by atoms with Gasteiger partial charge in [0.1, 0.15) is 11.6 Å². The maximum absolute atomic E-state index is 12.1. The van der Waals surface area contributed by atoms with Gasteiger partial charge < -0.3 is 14.0 Å². The number of fused-ring (bicyclic) bond motifs is 1. The van der Waals surface area contributed by atoms with Gasteiger partial charge in [-0.3, -0.25) is 4.79 Å². The number of nitrogens with zero attached hydrogens (tertiary/aromatic N) is 4. The highest BCUT2D eigenvalue weighted by atomic mass is 32.2. The summed E-state index contributed by atoms with van der Waals surface area (Å²) >= 11 is 1.47. The molecule has 7 nitrogen and oxygen atoms in total. The lowest BCUT2D eigenvalue weighted by atomic mass is 10.2. The van der Waals surface area contributed by atoms with Crippen LogP contribution in [0.2, 0.25) is 0 Å². The molecule has 0 amide bonds. The van der Waals surface area contributed by atoms with Gasteiger partial charge in [-0.15, -0.1) is 10.2 Å². The van der Waals surface area contributed by atoms with Crippen LogP contribution in [0.3, 0.4) is 0 Å². The van der Waals surface area contributed by atoms with Crippen LogP contribution in [0.15, 0.2) is 51.0 Å². The minimum Gasteiger partial charge on any atom is -0.469 e. The Labute approximate surface area is 147 Å². The van der Waals surface area contributed by atoms with Crippen molar-refractivity contribution in [1.82, 2.24) is 24.7 Å². The molecule has 0 aliphatic heterocycles. The molecule has 3 heterocycles. The van der Waals surface area contributed by atoms with Crippen LogP contribution in [0.1, 0.15) is 11.6 Å². The van der Waals surface area contributed by atoms with Crippen molar-refractivity contribution < 1.29 is 4.42 Å². The fourth-order valence-electron chi connectivity index (χ4n) is 2.63. The van der Waals surface area contributed by atoms with Crippen LogP contribution in [0, 0.1) is 6.92 Å². The minimum absolute atomic E-state index is 0.131. The molecule has 0 bridgehead atoms. The van der Waals surface area contributed by atoms with Gasteiger partial charge in [0, 0.05) is 7.05 Å². The predicted octanol–water partition coefficient (Wildman–Crippen LogP) is 2.91. The van der Waals surface area contributed by atoms with Crippen molar-refractivity contribution in [3.63, 3.8) is 0 Å². The molecule has 0 aliphatic rings. The molecule has 0 saturated heterocycles. The number of thioether (sulfide) groups is 1. The van der Waals surface area contributed by atoms with E-state index >= 15 is 0 Å². The maximum Gasteiger partial charge on any atom is 0.258 e. The molecule has 25 heavy (non-hydrogen) atoms. The molecule has 0 spiro atoms. The molecule has 0 fully saturated rings. The van der Waals surface area contributed by atoms with Crippen molar-refractivity contribution in [2.75, 3.05) is 0 Å². The molecule has 0 radical (unpaired) electrons. The average molecular weight is 353 g/mol. The van der Waals surface area contributed by atoms with Crippen LogP contribution in [0.4, 0.5) is 0 Å². The molecular formula is C17H15N5O2S. The van der Waals surface area contributed by atoms with E-state index in [0.717, 1.165) is 22.3 Å². The minimum atomic E-state index is -0.131. The summed E-state index contributed by atoms with van der Waals surface area (Å²) in [5.41, 5.74) is 1.47. The summed E-state index contributed by atoms with van der Waals surface area (Å²) in [5, 5.41) is 9.80. The van der Waals surface area contributed by atoms with E-state index in [9.17, 15) is 4.79 Å². The monoisotopic (exact) mass is 353 g/mol. The van der Waals surface area contributed by atoms with Gasteiger partial charge in [-0.25, -0.2) is 4.98 Å². The third-order valence-corrected chi connectivity index (χ3v) is 4.97. The van der Waals surface area contributed by atoms with E-state index in [1.54, 1.807) is 12.3 Å². The zero-order chi connectivity index (χ0) is 17.4. The number of furan rings is 1. The highest BCUT2D eigenvalue weighted by Crippen LogP contribution is 2.26. The zero-order valence-electron chi connectivity index (χ0n) is 13.7. The Kier molecular flexibility index (Phi) is 3.89. The number of rotatable bonds is 4. The van der Waals surface area contributed by atoms with Gasteiger partial charge in [-0.05, 0) is 25.1 Å². The number of benzene rings is 1. The first-order valence-electron chi connectivity index (χ1n) is 7.68. The number of nitrogens with one attached hydrogen (secondary N) is 1. The maximum atomic E-state index is 12.1. The molecule has 126 valence electrons. The van der Waals surface area contributed by atoms with Crippen molar-refractivity contribution in [2.24, 2.45) is 7.05 Å². The van der Waals surface area contributed by atoms with E-state index in [-0.39, 0.29) is 5.56 Å². The quantitative estimate of drug-likeness (QED) is 0.567. The van der Waals surface area contributed by atoms with Gasteiger partial charge in [0.15, 0.2) is 11.0 Å². The summed E-state index contributed by atoms with van der Waals surface area (Å²) in [6.45, 7) is 1.89. The highest BCUT2D eigenvalue weighted by molar-refractivity contribution is 7.98.